The van der Waals surface area contributed by atoms with Crippen LogP contribution in [-0.4, -0.2) is 14.2 Å². The normalized spacial score (nSPS) is 11.2. The Labute approximate surface area is 128 Å². The Bertz CT molecular complexity index is 797. The number of hydrogen-bond acceptors (Lipinski definition) is 4. The van der Waals surface area contributed by atoms with E-state index < -0.39 is 10.1 Å². The molecule has 4 nitrogen and oxygen atoms in total. The van der Waals surface area contributed by atoms with Gasteiger partial charge in [-0.25, -0.2) is 0 Å². The first kappa shape index (κ1) is 15.5. The molecule has 0 aliphatic rings. The molecular weight excluding hydrogens is 312 g/mol. The third-order valence-electron chi connectivity index (χ3n) is 2.82. The molecule has 0 aliphatic carbocycles. The minimum atomic E-state index is -4.05. The highest BCUT2D eigenvalue weighted by molar-refractivity contribution is 7.87. The second-order valence-electron chi connectivity index (χ2n) is 4.56. The van der Waals surface area contributed by atoms with E-state index in [0.29, 0.717) is 5.56 Å². The summed E-state index contributed by atoms with van der Waals surface area (Å²) in [6, 6.07) is 10.5. The molecule has 0 bridgehead atoms. The molecule has 0 heterocycles. The molecule has 2 rings (SSSR count). The molecular formula is C15H13ClO4S. The molecule has 0 amide bonds. The summed E-state index contributed by atoms with van der Waals surface area (Å²) in [7, 11) is -4.05. The van der Waals surface area contributed by atoms with E-state index in [-0.39, 0.29) is 21.5 Å². The fourth-order valence-corrected chi connectivity index (χ4v) is 2.90. The zero-order valence-corrected chi connectivity index (χ0v) is 13.0. The van der Waals surface area contributed by atoms with E-state index in [1.165, 1.54) is 31.2 Å². The second kappa shape index (κ2) is 5.87. The predicted octanol–water partition coefficient (Wildman–Crippen LogP) is 3.62. The van der Waals surface area contributed by atoms with Gasteiger partial charge in [0, 0.05) is 5.56 Å². The van der Waals surface area contributed by atoms with Gasteiger partial charge in [0.15, 0.2) is 11.5 Å². The van der Waals surface area contributed by atoms with E-state index in [0.717, 1.165) is 5.56 Å². The van der Waals surface area contributed by atoms with Crippen LogP contribution in [-0.2, 0) is 10.1 Å². The topological polar surface area (TPSA) is 60.4 Å². The maximum Gasteiger partial charge on any atom is 0.339 e. The Morgan fingerprint density at radius 3 is 2.52 bits per heavy atom. The smallest absolute Gasteiger partial charge is 0.339 e. The van der Waals surface area contributed by atoms with Crippen LogP contribution in [0.1, 0.15) is 22.8 Å². The minimum Gasteiger partial charge on any atom is -0.377 e. The Kier molecular flexibility index (Phi) is 4.34. The maximum absolute atomic E-state index is 12.2. The quantitative estimate of drug-likeness (QED) is 0.636. The summed E-state index contributed by atoms with van der Waals surface area (Å²) in [6.45, 7) is 3.16. The lowest BCUT2D eigenvalue weighted by atomic mass is 10.2. The number of aryl methyl sites for hydroxylation is 1. The summed E-state index contributed by atoms with van der Waals surface area (Å²) in [5.74, 6) is -0.162. The number of rotatable bonds is 4. The monoisotopic (exact) mass is 324 g/mol. The second-order valence-corrected chi connectivity index (χ2v) is 6.51. The number of hydrogen-bond donors (Lipinski definition) is 0. The van der Waals surface area contributed by atoms with E-state index in [1.807, 2.05) is 0 Å². The third-order valence-corrected chi connectivity index (χ3v) is 4.36. The van der Waals surface area contributed by atoms with Crippen molar-refractivity contribution in [3.05, 3.63) is 58.6 Å². The van der Waals surface area contributed by atoms with E-state index in [1.54, 1.807) is 25.1 Å². The van der Waals surface area contributed by atoms with E-state index in [2.05, 4.69) is 0 Å². The number of ketones is 1. The van der Waals surface area contributed by atoms with Crippen molar-refractivity contribution < 1.29 is 17.4 Å². The van der Waals surface area contributed by atoms with Gasteiger partial charge in [-0.1, -0.05) is 29.8 Å². The molecule has 0 aromatic heterocycles. The van der Waals surface area contributed by atoms with E-state index in [9.17, 15) is 13.2 Å². The summed E-state index contributed by atoms with van der Waals surface area (Å²) >= 11 is 5.93. The lowest BCUT2D eigenvalue weighted by Crippen LogP contribution is -2.11. The van der Waals surface area contributed by atoms with Gasteiger partial charge >= 0.3 is 10.1 Å². The van der Waals surface area contributed by atoms with Gasteiger partial charge in [-0.15, -0.1) is 0 Å². The number of halogens is 1. The Hall–Kier alpha value is -1.85. The molecule has 0 N–H and O–H groups in total. The van der Waals surface area contributed by atoms with Crippen molar-refractivity contribution in [1.82, 2.24) is 0 Å². The standard InChI is InChI=1S/C15H13ClO4S/c1-10-6-7-14(16)15(8-10)20-21(18,19)13-5-3-4-12(9-13)11(2)17/h3-9H,1-2H3. The number of carbonyl (C=O) groups is 1. The van der Waals surface area contributed by atoms with Crippen molar-refractivity contribution in [3.8, 4) is 5.75 Å². The van der Waals surface area contributed by atoms with Crippen molar-refractivity contribution in [2.45, 2.75) is 18.7 Å². The summed E-state index contributed by atoms with van der Waals surface area (Å²) in [5, 5.41) is 0.201. The van der Waals surface area contributed by atoms with Gasteiger partial charge in [0.25, 0.3) is 0 Å². The molecule has 0 radical (unpaired) electrons. The van der Waals surface area contributed by atoms with Crippen LogP contribution in [0, 0.1) is 6.92 Å². The van der Waals surface area contributed by atoms with Crippen LogP contribution in [0.3, 0.4) is 0 Å². The van der Waals surface area contributed by atoms with E-state index in [4.69, 9.17) is 15.8 Å². The van der Waals surface area contributed by atoms with Crippen LogP contribution in [0.2, 0.25) is 5.02 Å². The number of Topliss-reactive ketones (excluding diaryl/α,β-unsaturated/α-hetero) is 1. The highest BCUT2D eigenvalue weighted by Gasteiger charge is 2.19. The molecule has 2 aromatic rings. The van der Waals surface area contributed by atoms with Crippen LogP contribution < -0.4 is 4.18 Å². The number of carbonyl (C=O) groups excluding carboxylic acids is 1. The van der Waals surface area contributed by atoms with Crippen LogP contribution in [0.5, 0.6) is 5.75 Å². The predicted molar refractivity (Wildman–Crippen MR) is 80.4 cm³/mol. The minimum absolute atomic E-state index is 0.0601. The molecule has 0 aliphatic heterocycles. The largest absolute Gasteiger partial charge is 0.377 e. The van der Waals surface area contributed by atoms with Crippen LogP contribution in [0.25, 0.3) is 0 Å². The van der Waals surface area contributed by atoms with Gasteiger partial charge in [0.1, 0.15) is 4.90 Å². The van der Waals surface area contributed by atoms with Crippen molar-refractivity contribution in [2.75, 3.05) is 0 Å². The molecule has 2 aromatic carbocycles. The highest BCUT2D eigenvalue weighted by Crippen LogP contribution is 2.28. The SMILES string of the molecule is CC(=O)c1cccc(S(=O)(=O)Oc2cc(C)ccc2Cl)c1. The Balaban J connectivity index is 2.41. The molecule has 0 spiro atoms. The lowest BCUT2D eigenvalue weighted by molar-refractivity contribution is 0.101. The summed E-state index contributed by atoms with van der Waals surface area (Å²) < 4.78 is 29.6. The third kappa shape index (κ3) is 3.62. The van der Waals surface area contributed by atoms with Gasteiger partial charge in [0.2, 0.25) is 0 Å². The van der Waals surface area contributed by atoms with Crippen LogP contribution in [0.4, 0.5) is 0 Å². The average molecular weight is 325 g/mol. The van der Waals surface area contributed by atoms with Crippen molar-refractivity contribution in [3.63, 3.8) is 0 Å². The zero-order valence-electron chi connectivity index (χ0n) is 11.5. The first-order valence-corrected chi connectivity index (χ1v) is 7.90. The first-order chi connectivity index (χ1) is 9.79. The fraction of sp³-hybridized carbons (Fsp3) is 0.133. The fourth-order valence-electron chi connectivity index (χ4n) is 1.71. The molecule has 110 valence electrons. The maximum atomic E-state index is 12.2. The summed E-state index contributed by atoms with van der Waals surface area (Å²) in [6.07, 6.45) is 0. The van der Waals surface area contributed by atoms with Gasteiger partial charge in [-0.05, 0) is 43.7 Å². The molecule has 0 saturated carbocycles. The van der Waals surface area contributed by atoms with Gasteiger partial charge in [-0.3, -0.25) is 4.79 Å². The molecule has 0 fully saturated rings. The molecule has 6 heteroatoms. The summed E-state index contributed by atoms with van der Waals surface area (Å²) in [4.78, 5) is 11.2. The van der Waals surface area contributed by atoms with Gasteiger partial charge in [-0.2, -0.15) is 8.42 Å². The van der Waals surface area contributed by atoms with Gasteiger partial charge in [0.05, 0.1) is 5.02 Å². The van der Waals surface area contributed by atoms with Crippen molar-refractivity contribution in [1.29, 1.82) is 0 Å². The zero-order chi connectivity index (χ0) is 15.6. The van der Waals surface area contributed by atoms with Gasteiger partial charge < -0.3 is 4.18 Å². The first-order valence-electron chi connectivity index (χ1n) is 6.11. The summed E-state index contributed by atoms with van der Waals surface area (Å²) in [5.41, 5.74) is 1.12. The average Bonchev–Trinajstić information content (AvgIpc) is 2.43. The molecule has 0 saturated heterocycles. The lowest BCUT2D eigenvalue weighted by Gasteiger charge is -2.09. The number of benzene rings is 2. The highest BCUT2D eigenvalue weighted by atomic mass is 35.5. The molecule has 21 heavy (non-hydrogen) atoms. The van der Waals surface area contributed by atoms with Crippen molar-refractivity contribution >= 4 is 27.5 Å². The molecule has 0 unspecified atom stereocenters. The Morgan fingerprint density at radius 2 is 1.86 bits per heavy atom. The molecule has 0 atom stereocenters. The van der Waals surface area contributed by atoms with Crippen LogP contribution in [0.15, 0.2) is 47.4 Å². The Morgan fingerprint density at radius 1 is 1.14 bits per heavy atom. The van der Waals surface area contributed by atoms with Crippen LogP contribution >= 0.6 is 11.6 Å². The van der Waals surface area contributed by atoms with E-state index >= 15 is 0 Å². The van der Waals surface area contributed by atoms with Crippen molar-refractivity contribution in [2.24, 2.45) is 0 Å².